The van der Waals surface area contributed by atoms with Gasteiger partial charge in [-0.1, -0.05) is 54.1 Å². The van der Waals surface area contributed by atoms with E-state index in [1.165, 1.54) is 23.9 Å². The molecular formula is C30H25FN2O3S. The van der Waals surface area contributed by atoms with Gasteiger partial charge in [-0.05, 0) is 55.5 Å². The van der Waals surface area contributed by atoms with Crippen molar-refractivity contribution in [1.82, 2.24) is 0 Å². The van der Waals surface area contributed by atoms with E-state index in [2.05, 4.69) is 10.6 Å². The van der Waals surface area contributed by atoms with Crippen molar-refractivity contribution in [2.45, 2.75) is 18.2 Å². The first-order valence-electron chi connectivity index (χ1n) is 11.7. The van der Waals surface area contributed by atoms with E-state index >= 15 is 0 Å². The summed E-state index contributed by atoms with van der Waals surface area (Å²) in [4.78, 5) is 39.8. The van der Waals surface area contributed by atoms with Crippen LogP contribution in [0.3, 0.4) is 0 Å². The lowest BCUT2D eigenvalue weighted by Crippen LogP contribution is -2.19. The number of hydrogen-bond acceptors (Lipinski definition) is 4. The van der Waals surface area contributed by atoms with Gasteiger partial charge in [-0.25, -0.2) is 4.39 Å². The van der Waals surface area contributed by atoms with Crippen molar-refractivity contribution in [2.75, 3.05) is 16.4 Å². The van der Waals surface area contributed by atoms with Crippen molar-refractivity contribution in [3.8, 4) is 0 Å². The van der Waals surface area contributed by atoms with Crippen LogP contribution in [0, 0.1) is 12.7 Å². The first-order chi connectivity index (χ1) is 17.9. The van der Waals surface area contributed by atoms with Crippen LogP contribution in [0.2, 0.25) is 0 Å². The lowest BCUT2D eigenvalue weighted by molar-refractivity contribution is -0.115. The molecule has 2 amide bonds. The summed E-state index contributed by atoms with van der Waals surface area (Å²) >= 11 is 1.45. The Morgan fingerprint density at radius 3 is 2.19 bits per heavy atom. The second-order valence-corrected chi connectivity index (χ2v) is 9.51. The Kier molecular flexibility index (Phi) is 8.48. The molecule has 5 nitrogen and oxygen atoms in total. The molecule has 0 aliphatic carbocycles. The van der Waals surface area contributed by atoms with Gasteiger partial charge in [0.05, 0.1) is 16.9 Å². The van der Waals surface area contributed by atoms with Crippen molar-refractivity contribution in [3.63, 3.8) is 0 Å². The quantitative estimate of drug-likeness (QED) is 0.192. The standard InChI is InChI=1S/C30H25FN2O3S/c1-20-11-16-27(25(19-20)29(35)21-7-3-2-4-8-21)33-30(36)24-9-5-6-10-26(24)32-28(34)17-18-37-23-14-12-22(31)13-15-23/h2-16,19H,17-18H2,1H3,(H,32,34)(H,33,36). The molecule has 0 fully saturated rings. The van der Waals surface area contributed by atoms with E-state index in [9.17, 15) is 18.8 Å². The summed E-state index contributed by atoms with van der Waals surface area (Å²) in [6.07, 6.45) is 0.214. The summed E-state index contributed by atoms with van der Waals surface area (Å²) in [6.45, 7) is 1.88. The Morgan fingerprint density at radius 1 is 0.757 bits per heavy atom. The predicted octanol–water partition coefficient (Wildman–Crippen LogP) is 6.74. The van der Waals surface area contributed by atoms with Crippen LogP contribution in [0.1, 0.15) is 38.3 Å². The Balaban J connectivity index is 1.45. The zero-order valence-corrected chi connectivity index (χ0v) is 21.0. The van der Waals surface area contributed by atoms with Crippen molar-refractivity contribution in [3.05, 3.63) is 125 Å². The third kappa shape index (κ3) is 6.92. The molecule has 0 saturated carbocycles. The predicted molar refractivity (Wildman–Crippen MR) is 146 cm³/mol. The Hall–Kier alpha value is -4.23. The average molecular weight is 513 g/mol. The van der Waals surface area contributed by atoms with Crippen LogP contribution in [0.5, 0.6) is 0 Å². The molecule has 0 atom stereocenters. The molecule has 7 heteroatoms. The molecule has 0 radical (unpaired) electrons. The third-order valence-corrected chi connectivity index (χ3v) is 6.57. The summed E-state index contributed by atoms with van der Waals surface area (Å²) in [5.41, 5.74) is 2.85. The number of nitrogens with one attached hydrogen (secondary N) is 2. The summed E-state index contributed by atoms with van der Waals surface area (Å²) in [5.74, 6) is -0.688. The molecule has 4 rings (SSSR count). The lowest BCUT2D eigenvalue weighted by Gasteiger charge is -2.14. The number of amides is 2. The largest absolute Gasteiger partial charge is 0.325 e. The van der Waals surface area contributed by atoms with Gasteiger partial charge in [-0.2, -0.15) is 0 Å². The van der Waals surface area contributed by atoms with Crippen molar-refractivity contribution < 1.29 is 18.8 Å². The van der Waals surface area contributed by atoms with Crippen molar-refractivity contribution in [2.24, 2.45) is 0 Å². The SMILES string of the molecule is Cc1ccc(NC(=O)c2ccccc2NC(=O)CCSc2ccc(F)cc2)c(C(=O)c2ccccc2)c1. The fourth-order valence-corrected chi connectivity index (χ4v) is 4.54. The van der Waals surface area contributed by atoms with Gasteiger partial charge >= 0.3 is 0 Å². The second-order valence-electron chi connectivity index (χ2n) is 8.34. The van der Waals surface area contributed by atoms with Gasteiger partial charge in [-0.15, -0.1) is 11.8 Å². The van der Waals surface area contributed by atoms with E-state index in [0.29, 0.717) is 28.3 Å². The fraction of sp³-hybridized carbons (Fsp3) is 0.100. The molecule has 2 N–H and O–H groups in total. The van der Waals surface area contributed by atoms with E-state index in [1.54, 1.807) is 72.8 Å². The van der Waals surface area contributed by atoms with Crippen LogP contribution in [-0.2, 0) is 4.79 Å². The highest BCUT2D eigenvalue weighted by molar-refractivity contribution is 7.99. The van der Waals surface area contributed by atoms with Gasteiger partial charge in [0.2, 0.25) is 5.91 Å². The monoisotopic (exact) mass is 512 g/mol. The van der Waals surface area contributed by atoms with Crippen molar-refractivity contribution in [1.29, 1.82) is 0 Å². The lowest BCUT2D eigenvalue weighted by atomic mass is 9.99. The highest BCUT2D eigenvalue weighted by atomic mass is 32.2. The molecule has 0 bridgehead atoms. The minimum absolute atomic E-state index is 0.195. The van der Waals surface area contributed by atoms with Gasteiger partial charge in [-0.3, -0.25) is 14.4 Å². The normalized spacial score (nSPS) is 10.5. The Labute approximate surface area is 219 Å². The number of para-hydroxylation sites is 1. The number of anilines is 2. The highest BCUT2D eigenvalue weighted by Crippen LogP contribution is 2.24. The third-order valence-electron chi connectivity index (χ3n) is 5.56. The maximum Gasteiger partial charge on any atom is 0.257 e. The number of ketones is 1. The number of halogens is 1. The molecule has 0 aliphatic rings. The maximum absolute atomic E-state index is 13.2. The van der Waals surface area contributed by atoms with Crippen LogP contribution in [0.15, 0.2) is 102 Å². The second kappa shape index (κ2) is 12.1. The Morgan fingerprint density at radius 2 is 1.43 bits per heavy atom. The zero-order valence-electron chi connectivity index (χ0n) is 20.2. The van der Waals surface area contributed by atoms with Gasteiger partial charge < -0.3 is 10.6 Å². The summed E-state index contributed by atoms with van der Waals surface area (Å²) in [5, 5.41) is 5.65. The number of carbonyl (C=O) groups is 3. The van der Waals surface area contributed by atoms with E-state index in [-0.39, 0.29) is 29.5 Å². The highest BCUT2D eigenvalue weighted by Gasteiger charge is 2.18. The van der Waals surface area contributed by atoms with Crippen LogP contribution >= 0.6 is 11.8 Å². The molecule has 0 unspecified atom stereocenters. The average Bonchev–Trinajstić information content (AvgIpc) is 2.91. The minimum atomic E-state index is -0.442. The molecule has 0 heterocycles. The van der Waals surface area contributed by atoms with Gasteiger partial charge in [0.15, 0.2) is 5.78 Å². The molecule has 37 heavy (non-hydrogen) atoms. The van der Waals surface area contributed by atoms with E-state index in [4.69, 9.17) is 0 Å². The van der Waals surface area contributed by atoms with Crippen LogP contribution in [-0.4, -0.2) is 23.4 Å². The summed E-state index contributed by atoms with van der Waals surface area (Å²) in [6, 6.07) is 27.0. The van der Waals surface area contributed by atoms with E-state index in [0.717, 1.165) is 10.5 Å². The first-order valence-corrected chi connectivity index (χ1v) is 12.7. The van der Waals surface area contributed by atoms with E-state index in [1.807, 2.05) is 19.1 Å². The van der Waals surface area contributed by atoms with Gasteiger partial charge in [0.25, 0.3) is 5.91 Å². The zero-order chi connectivity index (χ0) is 26.2. The van der Waals surface area contributed by atoms with Crippen LogP contribution in [0.4, 0.5) is 15.8 Å². The molecule has 0 aromatic heterocycles. The topological polar surface area (TPSA) is 75.3 Å². The molecule has 0 saturated heterocycles. The number of benzene rings is 4. The Bertz CT molecular complexity index is 1420. The molecule has 4 aromatic carbocycles. The number of rotatable bonds is 9. The summed E-state index contributed by atoms with van der Waals surface area (Å²) in [7, 11) is 0. The molecule has 186 valence electrons. The molecular weight excluding hydrogens is 487 g/mol. The maximum atomic E-state index is 13.2. The molecule has 4 aromatic rings. The summed E-state index contributed by atoms with van der Waals surface area (Å²) < 4.78 is 13.1. The minimum Gasteiger partial charge on any atom is -0.325 e. The smallest absolute Gasteiger partial charge is 0.257 e. The van der Waals surface area contributed by atoms with Gasteiger partial charge in [0, 0.05) is 28.2 Å². The number of hydrogen-bond donors (Lipinski definition) is 2. The van der Waals surface area contributed by atoms with Crippen LogP contribution < -0.4 is 10.6 Å². The fourth-order valence-electron chi connectivity index (χ4n) is 3.68. The molecule has 0 aliphatic heterocycles. The van der Waals surface area contributed by atoms with Gasteiger partial charge in [0.1, 0.15) is 5.82 Å². The first kappa shape index (κ1) is 25.9. The van der Waals surface area contributed by atoms with Crippen LogP contribution in [0.25, 0.3) is 0 Å². The number of carbonyl (C=O) groups excluding carboxylic acids is 3. The number of aryl methyl sites for hydroxylation is 1. The van der Waals surface area contributed by atoms with E-state index < -0.39 is 5.91 Å². The molecule has 0 spiro atoms. The number of thioether (sulfide) groups is 1. The van der Waals surface area contributed by atoms with Crippen molar-refractivity contribution >= 4 is 40.7 Å².